The van der Waals surface area contributed by atoms with Crippen molar-refractivity contribution in [2.24, 2.45) is 0 Å². The molecule has 0 aliphatic rings. The van der Waals surface area contributed by atoms with E-state index in [2.05, 4.69) is 29.8 Å². The van der Waals surface area contributed by atoms with Crippen LogP contribution in [0.4, 0.5) is 0 Å². The van der Waals surface area contributed by atoms with Gasteiger partial charge in [-0.05, 0) is 30.5 Å². The lowest BCUT2D eigenvalue weighted by Gasteiger charge is -2.30. The number of alkyl halides is 1. The van der Waals surface area contributed by atoms with Crippen LogP contribution in [0.3, 0.4) is 0 Å². The topological polar surface area (TPSA) is 40.5 Å². The Balaban J connectivity index is 2.91. The fourth-order valence-electron chi connectivity index (χ4n) is 2.19. The van der Waals surface area contributed by atoms with Crippen LogP contribution >= 0.6 is 15.9 Å². The largest absolute Gasteiger partial charge is 0.395 e. The third-order valence-corrected chi connectivity index (χ3v) is 3.99. The van der Waals surface area contributed by atoms with Crippen molar-refractivity contribution in [3.63, 3.8) is 0 Å². The van der Waals surface area contributed by atoms with Crippen molar-refractivity contribution < 1.29 is 9.90 Å². The number of halogens is 1. The number of hydrogen-bond acceptors (Lipinski definition) is 2. The van der Waals surface area contributed by atoms with E-state index in [1.54, 1.807) is 4.90 Å². The molecule has 19 heavy (non-hydrogen) atoms. The molecular formula is C15H22BrNO2. The van der Waals surface area contributed by atoms with Gasteiger partial charge in [-0.1, -0.05) is 41.9 Å². The van der Waals surface area contributed by atoms with Crippen molar-refractivity contribution in [3.8, 4) is 0 Å². The second-order valence-corrected chi connectivity index (χ2v) is 5.08. The SMILES string of the molecule is CCC(CC)N(CCO)C(=O)c1ccc(CBr)cc1. The normalized spacial score (nSPS) is 10.8. The molecule has 0 spiro atoms. The van der Waals surface area contributed by atoms with E-state index in [1.165, 1.54) is 0 Å². The van der Waals surface area contributed by atoms with Gasteiger partial charge in [-0.3, -0.25) is 4.79 Å². The molecule has 1 amide bonds. The van der Waals surface area contributed by atoms with Crippen LogP contribution in [-0.2, 0) is 5.33 Å². The fraction of sp³-hybridized carbons (Fsp3) is 0.533. The lowest BCUT2D eigenvalue weighted by Crippen LogP contribution is -2.41. The van der Waals surface area contributed by atoms with Gasteiger partial charge in [0.1, 0.15) is 0 Å². The minimum absolute atomic E-state index is 0.00171. The van der Waals surface area contributed by atoms with Gasteiger partial charge in [0.2, 0.25) is 0 Å². The summed E-state index contributed by atoms with van der Waals surface area (Å²) in [6, 6.07) is 7.80. The van der Waals surface area contributed by atoms with E-state index in [-0.39, 0.29) is 18.6 Å². The second-order valence-electron chi connectivity index (χ2n) is 4.52. The van der Waals surface area contributed by atoms with Crippen molar-refractivity contribution >= 4 is 21.8 Å². The summed E-state index contributed by atoms with van der Waals surface area (Å²) in [4.78, 5) is 14.3. The van der Waals surface area contributed by atoms with Crippen LogP contribution in [0.25, 0.3) is 0 Å². The quantitative estimate of drug-likeness (QED) is 0.781. The van der Waals surface area contributed by atoms with E-state index in [4.69, 9.17) is 5.11 Å². The lowest BCUT2D eigenvalue weighted by molar-refractivity contribution is 0.0622. The Hall–Kier alpha value is -0.870. The number of nitrogens with zero attached hydrogens (tertiary/aromatic N) is 1. The summed E-state index contributed by atoms with van der Waals surface area (Å²) in [6.45, 7) is 4.53. The molecular weight excluding hydrogens is 306 g/mol. The molecule has 0 unspecified atom stereocenters. The van der Waals surface area contributed by atoms with E-state index in [1.807, 2.05) is 24.3 Å². The standard InChI is InChI=1S/C15H22BrNO2/c1-3-14(4-2)17(9-10-18)15(19)13-7-5-12(11-16)6-8-13/h5-8,14,18H,3-4,9-11H2,1-2H3. The fourth-order valence-corrected chi connectivity index (χ4v) is 2.56. The van der Waals surface area contributed by atoms with E-state index in [9.17, 15) is 4.79 Å². The predicted molar refractivity (Wildman–Crippen MR) is 81.6 cm³/mol. The smallest absolute Gasteiger partial charge is 0.254 e. The number of aliphatic hydroxyl groups is 1. The Morgan fingerprint density at radius 2 is 1.84 bits per heavy atom. The minimum Gasteiger partial charge on any atom is -0.395 e. The van der Waals surface area contributed by atoms with E-state index in [0.717, 1.165) is 23.7 Å². The summed E-state index contributed by atoms with van der Waals surface area (Å²) < 4.78 is 0. The van der Waals surface area contributed by atoms with E-state index < -0.39 is 0 Å². The zero-order chi connectivity index (χ0) is 14.3. The first-order valence-electron chi connectivity index (χ1n) is 6.74. The zero-order valence-electron chi connectivity index (χ0n) is 11.6. The summed E-state index contributed by atoms with van der Waals surface area (Å²) in [5, 5.41) is 9.94. The summed E-state index contributed by atoms with van der Waals surface area (Å²) in [5.41, 5.74) is 1.83. The number of aliphatic hydroxyl groups excluding tert-OH is 1. The molecule has 0 radical (unpaired) electrons. The first kappa shape index (κ1) is 16.2. The van der Waals surface area contributed by atoms with Crippen molar-refractivity contribution in [2.75, 3.05) is 13.2 Å². The molecule has 106 valence electrons. The van der Waals surface area contributed by atoms with Crippen molar-refractivity contribution in [1.29, 1.82) is 0 Å². The van der Waals surface area contributed by atoms with Gasteiger partial charge in [-0.15, -0.1) is 0 Å². The molecule has 0 atom stereocenters. The van der Waals surface area contributed by atoms with Gasteiger partial charge in [-0.25, -0.2) is 0 Å². The molecule has 1 N–H and O–H groups in total. The molecule has 0 fully saturated rings. The van der Waals surface area contributed by atoms with Crippen molar-refractivity contribution in [2.45, 2.75) is 38.1 Å². The van der Waals surface area contributed by atoms with Crippen LogP contribution in [0.1, 0.15) is 42.6 Å². The molecule has 0 aliphatic carbocycles. The van der Waals surface area contributed by atoms with E-state index in [0.29, 0.717) is 12.1 Å². The third kappa shape index (κ3) is 4.32. The zero-order valence-corrected chi connectivity index (χ0v) is 13.2. The van der Waals surface area contributed by atoms with Crippen LogP contribution in [-0.4, -0.2) is 35.1 Å². The second kappa shape index (κ2) is 8.33. The molecule has 1 rings (SSSR count). The lowest BCUT2D eigenvalue weighted by atomic mass is 10.1. The number of benzene rings is 1. The summed E-state index contributed by atoms with van der Waals surface area (Å²) in [5.74, 6) is 0.00359. The number of hydrogen-bond donors (Lipinski definition) is 1. The van der Waals surface area contributed by atoms with Gasteiger partial charge in [0, 0.05) is 23.5 Å². The number of rotatable bonds is 7. The highest BCUT2D eigenvalue weighted by Crippen LogP contribution is 2.15. The predicted octanol–water partition coefficient (Wildman–Crippen LogP) is 3.20. The van der Waals surface area contributed by atoms with Gasteiger partial charge < -0.3 is 10.0 Å². The maximum atomic E-state index is 12.5. The molecule has 1 aromatic rings. The summed E-state index contributed by atoms with van der Waals surface area (Å²) in [6.07, 6.45) is 1.81. The molecule has 0 aromatic heterocycles. The molecule has 0 saturated heterocycles. The van der Waals surface area contributed by atoms with Crippen LogP contribution in [0, 0.1) is 0 Å². The molecule has 0 aliphatic heterocycles. The Morgan fingerprint density at radius 1 is 1.26 bits per heavy atom. The minimum atomic E-state index is 0.00171. The number of carbonyl (C=O) groups is 1. The molecule has 3 nitrogen and oxygen atoms in total. The maximum absolute atomic E-state index is 12.5. The van der Waals surface area contributed by atoms with Crippen LogP contribution in [0.5, 0.6) is 0 Å². The van der Waals surface area contributed by atoms with Gasteiger partial charge in [-0.2, -0.15) is 0 Å². The molecule has 1 aromatic carbocycles. The molecule has 0 saturated carbocycles. The van der Waals surface area contributed by atoms with Crippen molar-refractivity contribution in [3.05, 3.63) is 35.4 Å². The Kier molecular flexibility index (Phi) is 7.10. The number of carbonyl (C=O) groups excluding carboxylic acids is 1. The summed E-state index contributed by atoms with van der Waals surface area (Å²) in [7, 11) is 0. The highest BCUT2D eigenvalue weighted by Gasteiger charge is 2.21. The highest BCUT2D eigenvalue weighted by molar-refractivity contribution is 9.08. The van der Waals surface area contributed by atoms with Gasteiger partial charge in [0.25, 0.3) is 5.91 Å². The van der Waals surface area contributed by atoms with Gasteiger partial charge in [0.05, 0.1) is 6.61 Å². The average Bonchev–Trinajstić information content (AvgIpc) is 2.47. The monoisotopic (exact) mass is 327 g/mol. The maximum Gasteiger partial charge on any atom is 0.254 e. The Bertz CT molecular complexity index is 388. The van der Waals surface area contributed by atoms with Crippen LogP contribution in [0.15, 0.2) is 24.3 Å². The van der Waals surface area contributed by atoms with Crippen molar-refractivity contribution in [1.82, 2.24) is 4.90 Å². The average molecular weight is 328 g/mol. The molecule has 0 heterocycles. The summed E-state index contributed by atoms with van der Waals surface area (Å²) >= 11 is 3.39. The Labute approximate surface area is 123 Å². The first-order valence-corrected chi connectivity index (χ1v) is 7.86. The number of amides is 1. The molecule has 4 heteroatoms. The molecule has 0 bridgehead atoms. The van der Waals surface area contributed by atoms with Crippen LogP contribution < -0.4 is 0 Å². The Morgan fingerprint density at radius 3 is 2.26 bits per heavy atom. The first-order chi connectivity index (χ1) is 9.17. The van der Waals surface area contributed by atoms with Gasteiger partial charge in [0.15, 0.2) is 0 Å². The van der Waals surface area contributed by atoms with Gasteiger partial charge >= 0.3 is 0 Å². The van der Waals surface area contributed by atoms with Crippen LogP contribution in [0.2, 0.25) is 0 Å². The highest BCUT2D eigenvalue weighted by atomic mass is 79.9. The van der Waals surface area contributed by atoms with E-state index >= 15 is 0 Å². The third-order valence-electron chi connectivity index (χ3n) is 3.34.